The normalized spacial score (nSPS) is 12.8. The van der Waals surface area contributed by atoms with Gasteiger partial charge in [0.05, 0.1) is 18.4 Å². The molecule has 0 atom stereocenters. The Morgan fingerprint density at radius 1 is 1.14 bits per heavy atom. The van der Waals surface area contributed by atoms with Crippen LogP contribution in [-0.2, 0) is 4.74 Å². The number of esters is 1. The number of carbonyl (C=O) groups excluding carboxylic acids is 3. The molecule has 152 valence electrons. The Kier molecular flexibility index (Phi) is 6.11. The van der Waals surface area contributed by atoms with Crippen LogP contribution in [0.2, 0.25) is 0 Å². The summed E-state index contributed by atoms with van der Waals surface area (Å²) in [5.74, 6) is -0.716. The average Bonchev–Trinajstić information content (AvgIpc) is 3.50. The smallest absolute Gasteiger partial charge is 0.413 e. The second kappa shape index (κ2) is 8.72. The third kappa shape index (κ3) is 5.10. The maximum atomic E-state index is 12.9. The van der Waals surface area contributed by atoms with Crippen molar-refractivity contribution in [2.45, 2.75) is 26.7 Å². The van der Waals surface area contributed by atoms with Crippen molar-refractivity contribution in [1.82, 2.24) is 10.3 Å². The van der Waals surface area contributed by atoms with Crippen molar-refractivity contribution in [2.75, 3.05) is 19.0 Å². The lowest BCUT2D eigenvalue weighted by Gasteiger charge is -2.14. The van der Waals surface area contributed by atoms with Crippen LogP contribution >= 0.6 is 0 Å². The number of amides is 2. The van der Waals surface area contributed by atoms with E-state index in [0.717, 1.165) is 12.8 Å². The Hall–Kier alpha value is -3.42. The highest BCUT2D eigenvalue weighted by molar-refractivity contribution is 6.09. The van der Waals surface area contributed by atoms with Crippen molar-refractivity contribution in [3.63, 3.8) is 0 Å². The number of rotatable bonds is 6. The molecule has 0 radical (unpaired) electrons. The molecule has 0 spiro atoms. The van der Waals surface area contributed by atoms with E-state index in [4.69, 9.17) is 9.47 Å². The third-order valence-electron chi connectivity index (χ3n) is 4.58. The molecule has 1 heterocycles. The lowest BCUT2D eigenvalue weighted by atomic mass is 10.1. The minimum absolute atomic E-state index is 0.0782. The SMILES string of the molecule is COC(=O)c1c(C)cccc1NC(=O)c1ccc(C)nc1OC(=O)NCC1CC1. The van der Waals surface area contributed by atoms with Gasteiger partial charge < -0.3 is 20.1 Å². The molecule has 3 rings (SSSR count). The van der Waals surface area contributed by atoms with Gasteiger partial charge in [0.25, 0.3) is 5.91 Å². The first-order valence-corrected chi connectivity index (χ1v) is 9.31. The largest absolute Gasteiger partial charge is 0.465 e. The van der Waals surface area contributed by atoms with Gasteiger partial charge in [-0.15, -0.1) is 0 Å². The Bertz CT molecular complexity index is 953. The molecule has 0 aliphatic heterocycles. The van der Waals surface area contributed by atoms with E-state index in [-0.39, 0.29) is 17.0 Å². The Labute approximate surface area is 168 Å². The fourth-order valence-corrected chi connectivity index (χ4v) is 2.79. The van der Waals surface area contributed by atoms with E-state index in [1.807, 2.05) is 0 Å². The quantitative estimate of drug-likeness (QED) is 0.725. The molecule has 1 aromatic carbocycles. The second-order valence-electron chi connectivity index (χ2n) is 6.96. The van der Waals surface area contributed by atoms with Gasteiger partial charge in [-0.2, -0.15) is 0 Å². The van der Waals surface area contributed by atoms with Gasteiger partial charge in [0, 0.05) is 12.2 Å². The summed E-state index contributed by atoms with van der Waals surface area (Å²) in [5.41, 5.74) is 1.89. The van der Waals surface area contributed by atoms with Crippen LogP contribution in [0.4, 0.5) is 10.5 Å². The summed E-state index contributed by atoms with van der Waals surface area (Å²) in [6.07, 6.45) is 1.53. The van der Waals surface area contributed by atoms with Gasteiger partial charge >= 0.3 is 12.1 Å². The summed E-state index contributed by atoms with van der Waals surface area (Å²) in [6, 6.07) is 8.22. The highest BCUT2D eigenvalue weighted by atomic mass is 16.6. The van der Waals surface area contributed by atoms with E-state index in [1.54, 1.807) is 38.1 Å². The number of methoxy groups -OCH3 is 1. The summed E-state index contributed by atoms with van der Waals surface area (Å²) >= 11 is 0. The summed E-state index contributed by atoms with van der Waals surface area (Å²) in [6.45, 7) is 4.01. The van der Waals surface area contributed by atoms with Crippen molar-refractivity contribution >= 4 is 23.7 Å². The van der Waals surface area contributed by atoms with Gasteiger partial charge in [-0.1, -0.05) is 12.1 Å². The monoisotopic (exact) mass is 397 g/mol. The van der Waals surface area contributed by atoms with Crippen molar-refractivity contribution in [1.29, 1.82) is 0 Å². The predicted molar refractivity (Wildman–Crippen MR) is 106 cm³/mol. The van der Waals surface area contributed by atoms with Crippen molar-refractivity contribution < 1.29 is 23.9 Å². The van der Waals surface area contributed by atoms with Crippen molar-refractivity contribution in [3.05, 3.63) is 52.7 Å². The average molecular weight is 397 g/mol. The second-order valence-corrected chi connectivity index (χ2v) is 6.96. The molecule has 8 heteroatoms. The number of anilines is 1. The number of hydrogen-bond acceptors (Lipinski definition) is 6. The van der Waals surface area contributed by atoms with Crippen LogP contribution in [0.1, 0.15) is 44.8 Å². The van der Waals surface area contributed by atoms with Crippen molar-refractivity contribution in [2.24, 2.45) is 5.92 Å². The fourth-order valence-electron chi connectivity index (χ4n) is 2.79. The van der Waals surface area contributed by atoms with Crippen LogP contribution in [0, 0.1) is 19.8 Å². The lowest BCUT2D eigenvalue weighted by molar-refractivity contribution is 0.0601. The zero-order valence-corrected chi connectivity index (χ0v) is 16.6. The van der Waals surface area contributed by atoms with E-state index in [1.165, 1.54) is 13.2 Å². The molecular formula is C21H23N3O5. The number of nitrogens with one attached hydrogen (secondary N) is 2. The number of aromatic nitrogens is 1. The first kappa shape index (κ1) is 20.3. The van der Waals surface area contributed by atoms with Gasteiger partial charge in [0.2, 0.25) is 5.88 Å². The Morgan fingerprint density at radius 2 is 1.90 bits per heavy atom. The fraction of sp³-hybridized carbons (Fsp3) is 0.333. The molecule has 29 heavy (non-hydrogen) atoms. The topological polar surface area (TPSA) is 107 Å². The van der Waals surface area contributed by atoms with E-state index in [2.05, 4.69) is 15.6 Å². The summed E-state index contributed by atoms with van der Waals surface area (Å²) in [5, 5.41) is 5.36. The van der Waals surface area contributed by atoms with E-state index >= 15 is 0 Å². The van der Waals surface area contributed by atoms with E-state index in [9.17, 15) is 14.4 Å². The number of pyridine rings is 1. The molecule has 2 amide bonds. The molecule has 2 N–H and O–H groups in total. The molecule has 1 aromatic heterocycles. The van der Waals surface area contributed by atoms with Crippen LogP contribution < -0.4 is 15.4 Å². The van der Waals surface area contributed by atoms with E-state index < -0.39 is 18.0 Å². The molecule has 0 unspecified atom stereocenters. The lowest BCUT2D eigenvalue weighted by Crippen LogP contribution is -2.30. The van der Waals surface area contributed by atoms with Crippen LogP contribution in [-0.4, -0.2) is 36.6 Å². The maximum Gasteiger partial charge on any atom is 0.413 e. The first-order valence-electron chi connectivity index (χ1n) is 9.31. The standard InChI is InChI=1S/C21H23N3O5/c1-12-5-4-6-16(17(12)20(26)28-3)24-18(25)15-10-7-13(2)23-19(15)29-21(27)22-11-14-8-9-14/h4-7,10,14H,8-9,11H2,1-3H3,(H,22,27)(H,24,25). The molecule has 1 fully saturated rings. The highest BCUT2D eigenvalue weighted by Crippen LogP contribution is 2.28. The predicted octanol–water partition coefficient (Wildman–Crippen LogP) is 3.24. The molecule has 1 aliphatic carbocycles. The van der Waals surface area contributed by atoms with Gasteiger partial charge in [-0.3, -0.25) is 4.79 Å². The third-order valence-corrected chi connectivity index (χ3v) is 4.58. The molecule has 0 saturated heterocycles. The molecule has 2 aromatic rings. The summed E-state index contributed by atoms with van der Waals surface area (Å²) in [4.78, 5) is 41.2. The van der Waals surface area contributed by atoms with Crippen LogP contribution in [0.15, 0.2) is 30.3 Å². The maximum absolute atomic E-state index is 12.9. The summed E-state index contributed by atoms with van der Waals surface area (Å²) < 4.78 is 10.1. The molecule has 1 aliphatic rings. The number of ether oxygens (including phenoxy) is 2. The van der Waals surface area contributed by atoms with Gasteiger partial charge in [0.15, 0.2) is 0 Å². The Morgan fingerprint density at radius 3 is 2.59 bits per heavy atom. The number of hydrogen-bond donors (Lipinski definition) is 2. The minimum Gasteiger partial charge on any atom is -0.465 e. The molecular weight excluding hydrogens is 374 g/mol. The number of nitrogens with zero attached hydrogens (tertiary/aromatic N) is 1. The van der Waals surface area contributed by atoms with Crippen LogP contribution in [0.25, 0.3) is 0 Å². The Balaban J connectivity index is 1.81. The van der Waals surface area contributed by atoms with Crippen molar-refractivity contribution in [3.8, 4) is 5.88 Å². The number of aryl methyl sites for hydroxylation is 2. The molecule has 0 bridgehead atoms. The number of carbonyl (C=O) groups is 3. The zero-order chi connectivity index (χ0) is 21.0. The van der Waals surface area contributed by atoms with Gasteiger partial charge in [0.1, 0.15) is 5.56 Å². The van der Waals surface area contributed by atoms with E-state index in [0.29, 0.717) is 29.4 Å². The number of benzene rings is 1. The zero-order valence-electron chi connectivity index (χ0n) is 16.6. The van der Waals surface area contributed by atoms with Gasteiger partial charge in [-0.25, -0.2) is 14.6 Å². The van der Waals surface area contributed by atoms with Crippen LogP contribution in [0.3, 0.4) is 0 Å². The highest BCUT2D eigenvalue weighted by Gasteiger charge is 2.24. The van der Waals surface area contributed by atoms with Gasteiger partial charge in [-0.05, 0) is 56.4 Å². The first-order chi connectivity index (χ1) is 13.9. The minimum atomic E-state index is -0.658. The summed E-state index contributed by atoms with van der Waals surface area (Å²) in [7, 11) is 1.27. The molecule has 1 saturated carbocycles. The van der Waals surface area contributed by atoms with Crippen LogP contribution in [0.5, 0.6) is 5.88 Å². The molecule has 8 nitrogen and oxygen atoms in total.